The largest absolute Gasteiger partial charge is 0.508 e. The first-order chi connectivity index (χ1) is 14.3. The average molecular weight is 414 g/mol. The Kier molecular flexibility index (Phi) is 7.04. The third kappa shape index (κ3) is 4.79. The number of aliphatic hydroxyl groups is 6. The molecule has 7 nitrogen and oxygen atoms in total. The van der Waals surface area contributed by atoms with Gasteiger partial charge in [0.05, 0.1) is 6.61 Å². The van der Waals surface area contributed by atoms with Crippen LogP contribution in [0.2, 0.25) is 0 Å². The number of hydrogen-bond donors (Lipinski definition) is 7. The molecule has 0 saturated heterocycles. The number of hydrogen-bond acceptors (Lipinski definition) is 7. The molecule has 0 radical (unpaired) electrons. The number of aromatic hydroxyl groups is 1. The second kappa shape index (κ2) is 9.53. The van der Waals surface area contributed by atoms with Gasteiger partial charge in [-0.2, -0.15) is 0 Å². The summed E-state index contributed by atoms with van der Waals surface area (Å²) in [5, 5.41) is 68.9. The minimum absolute atomic E-state index is 0.0211. The zero-order valence-electron chi connectivity index (χ0n) is 16.2. The van der Waals surface area contributed by atoms with Crippen molar-refractivity contribution in [2.24, 2.45) is 0 Å². The summed E-state index contributed by atoms with van der Waals surface area (Å²) in [5.41, 5.74) is 3.95. The Morgan fingerprint density at radius 1 is 0.667 bits per heavy atom. The fourth-order valence-corrected chi connectivity index (χ4v) is 3.48. The van der Waals surface area contributed by atoms with E-state index in [9.17, 15) is 30.6 Å². The van der Waals surface area contributed by atoms with Crippen LogP contribution in [0.4, 0.5) is 0 Å². The molecule has 2 aliphatic carbocycles. The van der Waals surface area contributed by atoms with Gasteiger partial charge in [-0.1, -0.05) is 48.5 Å². The van der Waals surface area contributed by atoms with E-state index in [1.54, 1.807) is 6.07 Å². The van der Waals surface area contributed by atoms with E-state index in [0.717, 1.165) is 22.3 Å². The van der Waals surface area contributed by atoms with Crippen molar-refractivity contribution in [3.05, 3.63) is 77.4 Å². The van der Waals surface area contributed by atoms with Gasteiger partial charge in [0.2, 0.25) is 0 Å². The normalized spacial score (nSPS) is 16.7. The Bertz CT molecular complexity index is 914. The molecule has 0 bridgehead atoms. The maximum atomic E-state index is 10.5. The Morgan fingerprint density at radius 3 is 1.90 bits per heavy atom. The number of benzene rings is 1. The predicted octanol–water partition coefficient (Wildman–Crippen LogP) is 0.557. The van der Waals surface area contributed by atoms with E-state index in [2.05, 4.69) is 0 Å². The maximum Gasteiger partial charge on any atom is 0.121 e. The van der Waals surface area contributed by atoms with Crippen molar-refractivity contribution in [3.8, 4) is 16.9 Å². The fourth-order valence-electron chi connectivity index (χ4n) is 3.48. The molecule has 0 spiro atoms. The molecule has 0 amide bonds. The molecule has 0 fully saturated rings. The molecule has 30 heavy (non-hydrogen) atoms. The number of phenols is 1. The molecule has 3 rings (SSSR count). The van der Waals surface area contributed by atoms with E-state index < -0.39 is 37.1 Å². The number of rotatable bonds is 8. The molecule has 0 saturated carbocycles. The Morgan fingerprint density at radius 2 is 1.30 bits per heavy atom. The van der Waals surface area contributed by atoms with Crippen LogP contribution in [-0.2, 0) is 6.42 Å². The quantitative estimate of drug-likeness (QED) is 0.285. The Balaban J connectivity index is 1.81. The standard InChI is InChI=1S/C23H26O7/c24-12-19(26)21(28)23(30)22(29)20(27)17-11-13(6-7-18(17)25)8-14-9-15-4-2-1-3-5-16(15)10-14/h1-7,9-11,19-30H,8,12H2/t19-,20?,21-,22+,23+/m1/s1. The van der Waals surface area contributed by atoms with Crippen LogP contribution in [0.3, 0.4) is 0 Å². The second-order valence-electron chi connectivity index (χ2n) is 7.42. The summed E-state index contributed by atoms with van der Waals surface area (Å²) >= 11 is 0. The summed E-state index contributed by atoms with van der Waals surface area (Å²) in [7, 11) is 0. The van der Waals surface area contributed by atoms with Crippen LogP contribution in [-0.4, -0.2) is 66.8 Å². The van der Waals surface area contributed by atoms with Gasteiger partial charge in [-0.25, -0.2) is 0 Å². The second-order valence-corrected chi connectivity index (χ2v) is 7.42. The van der Waals surface area contributed by atoms with Gasteiger partial charge in [0.25, 0.3) is 0 Å². The Hall–Kier alpha value is -2.52. The molecule has 0 aliphatic heterocycles. The third-order valence-electron chi connectivity index (χ3n) is 5.21. The van der Waals surface area contributed by atoms with E-state index in [-0.39, 0.29) is 11.3 Å². The van der Waals surface area contributed by atoms with Crippen molar-refractivity contribution in [1.29, 1.82) is 0 Å². The smallest absolute Gasteiger partial charge is 0.121 e. The lowest BCUT2D eigenvalue weighted by Crippen LogP contribution is -2.47. The van der Waals surface area contributed by atoms with Gasteiger partial charge in [0, 0.05) is 5.56 Å². The predicted molar refractivity (Wildman–Crippen MR) is 110 cm³/mol. The minimum atomic E-state index is -1.94. The molecular weight excluding hydrogens is 388 g/mol. The topological polar surface area (TPSA) is 142 Å². The van der Waals surface area contributed by atoms with Gasteiger partial charge in [0.1, 0.15) is 36.3 Å². The van der Waals surface area contributed by atoms with E-state index >= 15 is 0 Å². The van der Waals surface area contributed by atoms with Crippen LogP contribution in [0.25, 0.3) is 11.1 Å². The first-order valence-corrected chi connectivity index (χ1v) is 9.62. The molecule has 7 heteroatoms. The zero-order valence-corrected chi connectivity index (χ0v) is 16.2. The summed E-state index contributed by atoms with van der Waals surface area (Å²) in [6, 6.07) is 18.6. The average Bonchev–Trinajstić information content (AvgIpc) is 3.00. The molecule has 5 atom stereocenters. The summed E-state index contributed by atoms with van der Waals surface area (Å²) in [5.74, 6) is -0.283. The molecule has 7 N–H and O–H groups in total. The summed E-state index contributed by atoms with van der Waals surface area (Å²) in [4.78, 5) is 0. The number of phenolic OH excluding ortho intramolecular Hbond substituents is 1. The first kappa shape index (κ1) is 22.2. The first-order valence-electron chi connectivity index (χ1n) is 9.62. The van der Waals surface area contributed by atoms with Crippen molar-refractivity contribution in [3.63, 3.8) is 0 Å². The lowest BCUT2D eigenvalue weighted by Gasteiger charge is -2.29. The molecule has 1 aromatic rings. The van der Waals surface area contributed by atoms with Crippen LogP contribution in [0.15, 0.2) is 60.7 Å². The van der Waals surface area contributed by atoms with Crippen molar-refractivity contribution < 1.29 is 35.7 Å². The van der Waals surface area contributed by atoms with E-state index in [1.165, 1.54) is 12.1 Å². The van der Waals surface area contributed by atoms with Crippen LogP contribution < -0.4 is 0 Å². The molecule has 1 aromatic carbocycles. The lowest BCUT2D eigenvalue weighted by molar-refractivity contribution is -0.141. The zero-order chi connectivity index (χ0) is 21.8. The highest BCUT2D eigenvalue weighted by Gasteiger charge is 2.35. The minimum Gasteiger partial charge on any atom is -0.508 e. The maximum absolute atomic E-state index is 10.5. The molecular formula is C23H26O7. The van der Waals surface area contributed by atoms with E-state index in [1.807, 2.05) is 42.5 Å². The SMILES string of the molecule is OC[C@@H](O)[C@@H](O)[C@H](O)[C@@H](O)C(O)c1cc(Cc2cc3cccccc-3c2)ccc1O. The molecule has 0 aromatic heterocycles. The molecule has 0 heterocycles. The fraction of sp³-hybridized carbons (Fsp3) is 0.304. The van der Waals surface area contributed by atoms with Crippen LogP contribution in [0.5, 0.6) is 5.75 Å². The van der Waals surface area contributed by atoms with Gasteiger partial charge < -0.3 is 35.7 Å². The van der Waals surface area contributed by atoms with Gasteiger partial charge in [-0.3, -0.25) is 0 Å². The number of fused-ring (bicyclic) bond motifs is 1. The summed E-state index contributed by atoms with van der Waals surface area (Å²) in [6.45, 7) is -0.826. The van der Waals surface area contributed by atoms with Crippen molar-refractivity contribution >= 4 is 0 Å². The highest BCUT2D eigenvalue weighted by Crippen LogP contribution is 2.31. The van der Waals surface area contributed by atoms with Gasteiger partial charge in [-0.05, 0) is 40.8 Å². The van der Waals surface area contributed by atoms with Crippen LogP contribution in [0.1, 0.15) is 22.8 Å². The highest BCUT2D eigenvalue weighted by atomic mass is 16.4. The summed E-state index contributed by atoms with van der Waals surface area (Å²) < 4.78 is 0. The van der Waals surface area contributed by atoms with Crippen molar-refractivity contribution in [2.75, 3.05) is 6.61 Å². The van der Waals surface area contributed by atoms with Crippen LogP contribution in [0, 0.1) is 0 Å². The van der Waals surface area contributed by atoms with Crippen molar-refractivity contribution in [1.82, 2.24) is 0 Å². The number of aliphatic hydroxyl groups excluding tert-OH is 6. The summed E-state index contributed by atoms with van der Waals surface area (Å²) in [6.07, 6.45) is -8.60. The molecule has 160 valence electrons. The lowest BCUT2D eigenvalue weighted by atomic mass is 9.93. The highest BCUT2D eigenvalue weighted by molar-refractivity contribution is 5.68. The van der Waals surface area contributed by atoms with Gasteiger partial charge >= 0.3 is 0 Å². The molecule has 2 aliphatic rings. The van der Waals surface area contributed by atoms with Crippen molar-refractivity contribution in [2.45, 2.75) is 36.9 Å². The van der Waals surface area contributed by atoms with Gasteiger partial charge in [0.15, 0.2) is 0 Å². The van der Waals surface area contributed by atoms with Crippen LogP contribution >= 0.6 is 0 Å². The van der Waals surface area contributed by atoms with E-state index in [4.69, 9.17) is 5.11 Å². The van der Waals surface area contributed by atoms with E-state index in [0.29, 0.717) is 6.42 Å². The molecule has 1 unspecified atom stereocenters. The monoisotopic (exact) mass is 414 g/mol. The van der Waals surface area contributed by atoms with Gasteiger partial charge in [-0.15, -0.1) is 0 Å². The third-order valence-corrected chi connectivity index (χ3v) is 5.21. The Labute approximate surface area is 174 Å².